The zero-order valence-corrected chi connectivity index (χ0v) is 12.9. The summed E-state index contributed by atoms with van der Waals surface area (Å²) in [6.45, 7) is 6.15. The van der Waals surface area contributed by atoms with Gasteiger partial charge in [0.05, 0.1) is 11.2 Å². The number of rotatable bonds is 2. The largest absolute Gasteiger partial charge is 0.325 e. The molecule has 1 N–H and O–H groups in total. The molecule has 0 radical (unpaired) electrons. The molecule has 3 nitrogen and oxygen atoms in total. The minimum absolute atomic E-state index is 0.0203. The second-order valence-electron chi connectivity index (χ2n) is 5.78. The Morgan fingerprint density at radius 1 is 1.32 bits per heavy atom. The van der Waals surface area contributed by atoms with Crippen molar-refractivity contribution < 1.29 is 4.79 Å². The molecule has 0 aliphatic rings. The minimum Gasteiger partial charge on any atom is -0.325 e. The molecule has 1 amide bonds. The van der Waals surface area contributed by atoms with E-state index >= 15 is 0 Å². The number of anilines is 1. The van der Waals surface area contributed by atoms with Crippen molar-refractivity contribution in [2.75, 3.05) is 5.32 Å². The predicted molar refractivity (Wildman–Crippen MR) is 82.1 cm³/mol. The number of hydrogen-bond donors (Lipinski definition) is 1. The summed E-state index contributed by atoms with van der Waals surface area (Å²) in [6, 6.07) is 7.63. The van der Waals surface area contributed by atoms with Crippen molar-refractivity contribution >= 4 is 38.4 Å². The molecule has 0 bridgehead atoms. The number of halogens is 1. The second-order valence-corrected chi connectivity index (χ2v) is 6.63. The number of fused-ring (bicyclic) bond motifs is 1. The van der Waals surface area contributed by atoms with Crippen molar-refractivity contribution in [2.24, 2.45) is 5.41 Å². The van der Waals surface area contributed by atoms with Crippen LogP contribution in [0.15, 0.2) is 34.9 Å². The summed E-state index contributed by atoms with van der Waals surface area (Å²) in [7, 11) is 0. The van der Waals surface area contributed by atoms with Crippen molar-refractivity contribution in [3.63, 3.8) is 0 Å². The van der Waals surface area contributed by atoms with Gasteiger partial charge in [-0.2, -0.15) is 0 Å². The van der Waals surface area contributed by atoms with Crippen LogP contribution in [0.25, 0.3) is 10.9 Å². The van der Waals surface area contributed by atoms with E-state index in [0.29, 0.717) is 6.42 Å². The average molecular weight is 321 g/mol. The van der Waals surface area contributed by atoms with Crippen LogP contribution in [0.4, 0.5) is 5.69 Å². The van der Waals surface area contributed by atoms with Crippen LogP contribution >= 0.6 is 15.9 Å². The van der Waals surface area contributed by atoms with Gasteiger partial charge in [-0.1, -0.05) is 20.8 Å². The fourth-order valence-corrected chi connectivity index (χ4v) is 2.37. The number of hydrogen-bond acceptors (Lipinski definition) is 2. The summed E-state index contributed by atoms with van der Waals surface area (Å²) in [6.07, 6.45) is 2.23. The number of nitrogens with zero attached hydrogens (tertiary/aromatic N) is 1. The van der Waals surface area contributed by atoms with Crippen LogP contribution in [0.5, 0.6) is 0 Å². The van der Waals surface area contributed by atoms with Crippen LogP contribution in [0.1, 0.15) is 27.2 Å². The standard InChI is InChI=1S/C15H17BrN2O/c1-15(2,3)9-13(19)18-12-7-6-11(16)14-10(12)5-4-8-17-14/h4-8H,9H2,1-3H3,(H,18,19). The molecule has 2 rings (SSSR count). The van der Waals surface area contributed by atoms with Crippen molar-refractivity contribution in [2.45, 2.75) is 27.2 Å². The summed E-state index contributed by atoms with van der Waals surface area (Å²) in [5.41, 5.74) is 1.64. The summed E-state index contributed by atoms with van der Waals surface area (Å²) in [4.78, 5) is 16.3. The number of amides is 1. The molecular formula is C15H17BrN2O. The van der Waals surface area contributed by atoms with Crippen molar-refractivity contribution in [3.8, 4) is 0 Å². The molecule has 0 aliphatic heterocycles. The number of aromatic nitrogens is 1. The molecule has 2 aromatic rings. The lowest BCUT2D eigenvalue weighted by atomic mass is 9.92. The highest BCUT2D eigenvalue weighted by molar-refractivity contribution is 9.10. The monoisotopic (exact) mass is 320 g/mol. The number of pyridine rings is 1. The zero-order chi connectivity index (χ0) is 14.0. The van der Waals surface area contributed by atoms with E-state index in [9.17, 15) is 4.79 Å². The fraction of sp³-hybridized carbons (Fsp3) is 0.333. The number of carbonyl (C=O) groups excluding carboxylic acids is 1. The van der Waals surface area contributed by atoms with Gasteiger partial charge in [0.2, 0.25) is 5.91 Å². The maximum atomic E-state index is 12.0. The highest BCUT2D eigenvalue weighted by atomic mass is 79.9. The molecule has 0 atom stereocenters. The Kier molecular flexibility index (Phi) is 3.90. The summed E-state index contributed by atoms with van der Waals surface area (Å²) in [5.74, 6) is 0.0278. The Morgan fingerprint density at radius 2 is 2.05 bits per heavy atom. The molecule has 0 aliphatic carbocycles. The van der Waals surface area contributed by atoms with E-state index in [1.165, 1.54) is 0 Å². The molecule has 0 unspecified atom stereocenters. The molecule has 19 heavy (non-hydrogen) atoms. The molecule has 4 heteroatoms. The van der Waals surface area contributed by atoms with Gasteiger partial charge in [-0.25, -0.2) is 0 Å². The van der Waals surface area contributed by atoms with E-state index in [1.54, 1.807) is 6.20 Å². The maximum Gasteiger partial charge on any atom is 0.224 e. The van der Waals surface area contributed by atoms with E-state index in [1.807, 2.05) is 45.0 Å². The third-order valence-corrected chi connectivity index (χ3v) is 3.33. The lowest BCUT2D eigenvalue weighted by molar-refractivity contribution is -0.117. The predicted octanol–water partition coefficient (Wildman–Crippen LogP) is 4.37. The van der Waals surface area contributed by atoms with Crippen LogP contribution in [-0.4, -0.2) is 10.9 Å². The van der Waals surface area contributed by atoms with Gasteiger partial charge < -0.3 is 5.32 Å². The topological polar surface area (TPSA) is 42.0 Å². The van der Waals surface area contributed by atoms with Gasteiger partial charge in [0.15, 0.2) is 0 Å². The van der Waals surface area contributed by atoms with Gasteiger partial charge in [-0.3, -0.25) is 9.78 Å². The first-order valence-electron chi connectivity index (χ1n) is 6.20. The highest BCUT2D eigenvalue weighted by Gasteiger charge is 2.16. The van der Waals surface area contributed by atoms with E-state index in [-0.39, 0.29) is 11.3 Å². The first kappa shape index (κ1) is 14.0. The number of carbonyl (C=O) groups is 1. The molecule has 0 spiro atoms. The van der Waals surface area contributed by atoms with E-state index in [0.717, 1.165) is 21.1 Å². The Balaban J connectivity index is 2.31. The van der Waals surface area contributed by atoms with Gasteiger partial charge in [-0.05, 0) is 45.6 Å². The minimum atomic E-state index is -0.0203. The quantitative estimate of drug-likeness (QED) is 0.892. The highest BCUT2D eigenvalue weighted by Crippen LogP contribution is 2.29. The molecule has 0 fully saturated rings. The lowest BCUT2D eigenvalue weighted by Gasteiger charge is -2.18. The Hall–Kier alpha value is -1.42. The van der Waals surface area contributed by atoms with Gasteiger partial charge in [-0.15, -0.1) is 0 Å². The summed E-state index contributed by atoms with van der Waals surface area (Å²) in [5, 5.41) is 3.91. The molecular weight excluding hydrogens is 304 g/mol. The van der Waals surface area contributed by atoms with Crippen LogP contribution in [0, 0.1) is 5.41 Å². The Morgan fingerprint density at radius 3 is 2.74 bits per heavy atom. The molecule has 1 aromatic carbocycles. The number of benzene rings is 1. The van der Waals surface area contributed by atoms with Crippen LogP contribution < -0.4 is 5.32 Å². The summed E-state index contributed by atoms with van der Waals surface area (Å²) < 4.78 is 0.928. The maximum absolute atomic E-state index is 12.0. The number of nitrogens with one attached hydrogen (secondary N) is 1. The lowest BCUT2D eigenvalue weighted by Crippen LogP contribution is -2.19. The third kappa shape index (κ3) is 3.53. The second kappa shape index (κ2) is 5.29. The molecule has 1 aromatic heterocycles. The summed E-state index contributed by atoms with van der Waals surface area (Å²) >= 11 is 3.47. The van der Waals surface area contributed by atoms with Crippen molar-refractivity contribution in [3.05, 3.63) is 34.9 Å². The van der Waals surface area contributed by atoms with Gasteiger partial charge >= 0.3 is 0 Å². The first-order valence-corrected chi connectivity index (χ1v) is 6.99. The smallest absolute Gasteiger partial charge is 0.224 e. The van der Waals surface area contributed by atoms with E-state index < -0.39 is 0 Å². The SMILES string of the molecule is CC(C)(C)CC(=O)Nc1ccc(Br)c2ncccc12. The van der Waals surface area contributed by atoms with Crippen LogP contribution in [0.3, 0.4) is 0 Å². The zero-order valence-electron chi connectivity index (χ0n) is 11.3. The third-order valence-electron chi connectivity index (χ3n) is 2.69. The van der Waals surface area contributed by atoms with Crippen LogP contribution in [-0.2, 0) is 4.79 Å². The molecule has 1 heterocycles. The Bertz CT molecular complexity index is 617. The van der Waals surface area contributed by atoms with Gasteiger partial charge in [0.1, 0.15) is 0 Å². The van der Waals surface area contributed by atoms with Crippen molar-refractivity contribution in [1.82, 2.24) is 4.98 Å². The molecule has 100 valence electrons. The Labute approximate surface area is 121 Å². The van der Waals surface area contributed by atoms with Gasteiger partial charge in [0, 0.05) is 22.5 Å². The van der Waals surface area contributed by atoms with E-state index in [2.05, 4.69) is 26.2 Å². The molecule has 0 saturated carbocycles. The van der Waals surface area contributed by atoms with E-state index in [4.69, 9.17) is 0 Å². The van der Waals surface area contributed by atoms with Gasteiger partial charge in [0.25, 0.3) is 0 Å². The van der Waals surface area contributed by atoms with Crippen LogP contribution in [0.2, 0.25) is 0 Å². The molecule has 0 saturated heterocycles. The first-order chi connectivity index (χ1) is 8.87. The fourth-order valence-electron chi connectivity index (χ4n) is 1.92. The average Bonchev–Trinajstić information content (AvgIpc) is 2.31. The van der Waals surface area contributed by atoms with Crippen molar-refractivity contribution in [1.29, 1.82) is 0 Å². The normalized spacial score (nSPS) is 11.6.